The Kier molecular flexibility index (Phi) is 5.39. The minimum absolute atomic E-state index is 0.272. The number of rotatable bonds is 5. The molecule has 0 radical (unpaired) electrons. The third-order valence-electron chi connectivity index (χ3n) is 6.62. The third-order valence-corrected chi connectivity index (χ3v) is 8.33. The van der Waals surface area contributed by atoms with Crippen LogP contribution in [0.2, 0.25) is 0 Å². The fourth-order valence-corrected chi connectivity index (χ4v) is 6.17. The van der Waals surface area contributed by atoms with E-state index in [9.17, 15) is 8.42 Å². The fraction of sp³-hybridized carbons (Fsp3) is 0.259. The highest BCUT2D eigenvalue weighted by Crippen LogP contribution is 2.32. The highest BCUT2D eigenvalue weighted by molar-refractivity contribution is 7.90. The van der Waals surface area contributed by atoms with Crippen molar-refractivity contribution in [2.45, 2.75) is 50.1 Å². The van der Waals surface area contributed by atoms with Crippen molar-refractivity contribution in [3.05, 3.63) is 101 Å². The van der Waals surface area contributed by atoms with Gasteiger partial charge in [0.15, 0.2) is 0 Å². The number of aryl methyl sites for hydroxylation is 2. The Morgan fingerprint density at radius 1 is 0.969 bits per heavy atom. The van der Waals surface area contributed by atoms with E-state index in [1.165, 1.54) is 20.7 Å². The molecule has 1 unspecified atom stereocenters. The first-order valence-corrected chi connectivity index (χ1v) is 12.6. The summed E-state index contributed by atoms with van der Waals surface area (Å²) in [6.45, 7) is 4.16. The van der Waals surface area contributed by atoms with E-state index in [4.69, 9.17) is 0 Å². The van der Waals surface area contributed by atoms with Crippen LogP contribution in [0.15, 0.2) is 83.9 Å². The molecule has 2 atom stereocenters. The molecule has 0 saturated carbocycles. The Morgan fingerprint density at radius 2 is 1.72 bits per heavy atom. The van der Waals surface area contributed by atoms with Crippen LogP contribution in [-0.4, -0.2) is 18.4 Å². The lowest BCUT2D eigenvalue weighted by Crippen LogP contribution is -2.36. The molecule has 3 aromatic carbocycles. The van der Waals surface area contributed by atoms with Gasteiger partial charge < -0.3 is 5.32 Å². The van der Waals surface area contributed by atoms with Gasteiger partial charge in [0.1, 0.15) is 0 Å². The van der Waals surface area contributed by atoms with E-state index >= 15 is 0 Å². The van der Waals surface area contributed by atoms with Crippen LogP contribution >= 0.6 is 0 Å². The molecule has 4 nitrogen and oxygen atoms in total. The van der Waals surface area contributed by atoms with Gasteiger partial charge in [-0.1, -0.05) is 54.1 Å². The maximum atomic E-state index is 13.3. The molecule has 1 aliphatic carbocycles. The second-order valence-corrected chi connectivity index (χ2v) is 10.6. The van der Waals surface area contributed by atoms with Crippen LogP contribution in [0, 0.1) is 6.92 Å². The minimum Gasteiger partial charge on any atom is -0.307 e. The summed E-state index contributed by atoms with van der Waals surface area (Å²) >= 11 is 0. The average molecular weight is 445 g/mol. The van der Waals surface area contributed by atoms with Crippen molar-refractivity contribution in [3.63, 3.8) is 0 Å². The molecule has 1 aromatic heterocycles. The highest BCUT2D eigenvalue weighted by atomic mass is 32.2. The van der Waals surface area contributed by atoms with Crippen LogP contribution in [0.25, 0.3) is 10.9 Å². The molecule has 0 fully saturated rings. The summed E-state index contributed by atoms with van der Waals surface area (Å²) in [5, 5.41) is 4.82. The van der Waals surface area contributed by atoms with E-state index < -0.39 is 10.0 Å². The summed E-state index contributed by atoms with van der Waals surface area (Å²) in [6.07, 6.45) is 4.68. The number of nitrogens with one attached hydrogen (secondary N) is 1. The van der Waals surface area contributed by atoms with Gasteiger partial charge >= 0.3 is 0 Å². The predicted molar refractivity (Wildman–Crippen MR) is 130 cm³/mol. The second kappa shape index (κ2) is 8.23. The highest BCUT2D eigenvalue weighted by Gasteiger charge is 2.25. The number of hydrogen-bond acceptors (Lipinski definition) is 3. The molecule has 0 bridgehead atoms. The van der Waals surface area contributed by atoms with Gasteiger partial charge in [0, 0.05) is 23.7 Å². The number of hydrogen-bond donors (Lipinski definition) is 1. The molecule has 0 saturated heterocycles. The first-order chi connectivity index (χ1) is 15.4. The predicted octanol–water partition coefficient (Wildman–Crippen LogP) is 5.39. The summed E-state index contributed by atoms with van der Waals surface area (Å²) < 4.78 is 28.0. The zero-order valence-electron chi connectivity index (χ0n) is 18.5. The summed E-state index contributed by atoms with van der Waals surface area (Å²) in [5.41, 5.74) is 5.67. The lowest BCUT2D eigenvalue weighted by Gasteiger charge is -2.29. The lowest BCUT2D eigenvalue weighted by atomic mass is 9.86. The SMILES string of the molecule is Cc1ccc(S(=O)(=O)n2ccc3c4c(ccc32)CC[C@@H](NC(C)c2ccccc2)C4)cc1. The third kappa shape index (κ3) is 3.76. The van der Waals surface area contributed by atoms with Crippen molar-refractivity contribution in [1.82, 2.24) is 9.29 Å². The summed E-state index contributed by atoms with van der Waals surface area (Å²) in [7, 11) is -3.63. The molecule has 4 aromatic rings. The van der Waals surface area contributed by atoms with Crippen LogP contribution in [0.3, 0.4) is 0 Å². The Bertz CT molecular complexity index is 1360. The summed E-state index contributed by atoms with van der Waals surface area (Å²) in [6, 6.07) is 24.2. The zero-order chi connectivity index (χ0) is 22.3. The average Bonchev–Trinajstić information content (AvgIpc) is 3.25. The molecule has 32 heavy (non-hydrogen) atoms. The molecular weight excluding hydrogens is 416 g/mol. The van der Waals surface area contributed by atoms with Crippen LogP contribution in [0.1, 0.15) is 41.6 Å². The first-order valence-electron chi connectivity index (χ1n) is 11.2. The number of nitrogens with zero attached hydrogens (tertiary/aromatic N) is 1. The number of aromatic nitrogens is 1. The number of fused-ring (bicyclic) bond motifs is 3. The first kappa shape index (κ1) is 21.0. The monoisotopic (exact) mass is 444 g/mol. The van der Waals surface area contributed by atoms with Gasteiger partial charge in [0.25, 0.3) is 10.0 Å². The maximum absolute atomic E-state index is 13.3. The Morgan fingerprint density at radius 3 is 2.47 bits per heavy atom. The molecule has 0 aliphatic heterocycles. The Labute approximate surface area is 190 Å². The van der Waals surface area contributed by atoms with Gasteiger partial charge in [0.2, 0.25) is 0 Å². The van der Waals surface area contributed by atoms with Crippen LogP contribution in [0.5, 0.6) is 0 Å². The standard InChI is InChI=1S/C27H28N2O2S/c1-19-8-13-24(14-9-19)32(30,31)29-17-16-25-26-18-23(12-10-22(26)11-15-27(25)29)28-20(2)21-6-4-3-5-7-21/h3-9,11,13-17,20,23,28H,10,12,18H2,1-2H3/t20?,23-/m1/s1. The summed E-state index contributed by atoms with van der Waals surface area (Å²) in [4.78, 5) is 0.314. The lowest BCUT2D eigenvalue weighted by molar-refractivity contribution is 0.415. The van der Waals surface area contributed by atoms with Gasteiger partial charge in [-0.05, 0) is 74.1 Å². The summed E-state index contributed by atoms with van der Waals surface area (Å²) in [5.74, 6) is 0. The largest absolute Gasteiger partial charge is 0.307 e. The molecular formula is C27H28N2O2S. The molecule has 1 aliphatic rings. The maximum Gasteiger partial charge on any atom is 0.268 e. The Hall–Kier alpha value is -2.89. The van der Waals surface area contributed by atoms with Crippen molar-refractivity contribution in [3.8, 4) is 0 Å². The van der Waals surface area contributed by atoms with Crippen molar-refractivity contribution >= 4 is 20.9 Å². The Balaban J connectivity index is 1.46. The molecule has 5 heteroatoms. The normalized spacial score (nSPS) is 17.2. The van der Waals surface area contributed by atoms with E-state index in [1.807, 2.05) is 37.3 Å². The number of benzene rings is 3. The van der Waals surface area contributed by atoms with Crippen LogP contribution in [0.4, 0.5) is 0 Å². The molecule has 164 valence electrons. The molecule has 1 N–H and O–H groups in total. The second-order valence-electron chi connectivity index (χ2n) is 8.80. The van der Waals surface area contributed by atoms with Gasteiger partial charge in [-0.25, -0.2) is 12.4 Å². The molecule has 1 heterocycles. The fourth-order valence-electron chi connectivity index (χ4n) is 4.82. The van der Waals surface area contributed by atoms with Crippen LogP contribution < -0.4 is 5.32 Å². The van der Waals surface area contributed by atoms with Crippen molar-refractivity contribution in [2.24, 2.45) is 0 Å². The van der Waals surface area contributed by atoms with Gasteiger partial charge in [0.05, 0.1) is 10.4 Å². The van der Waals surface area contributed by atoms with Crippen molar-refractivity contribution in [2.75, 3.05) is 0 Å². The van der Waals surface area contributed by atoms with Gasteiger partial charge in [-0.3, -0.25) is 0 Å². The molecule has 5 rings (SSSR count). The zero-order valence-corrected chi connectivity index (χ0v) is 19.3. The van der Waals surface area contributed by atoms with Crippen LogP contribution in [-0.2, 0) is 22.9 Å². The molecule has 0 amide bonds. The molecule has 0 spiro atoms. The van der Waals surface area contributed by atoms with Gasteiger partial charge in [-0.2, -0.15) is 0 Å². The van der Waals surface area contributed by atoms with E-state index in [0.717, 1.165) is 35.7 Å². The van der Waals surface area contributed by atoms with E-state index in [0.29, 0.717) is 10.9 Å². The van der Waals surface area contributed by atoms with E-state index in [1.54, 1.807) is 18.3 Å². The smallest absolute Gasteiger partial charge is 0.268 e. The topological polar surface area (TPSA) is 51.1 Å². The quantitative estimate of drug-likeness (QED) is 0.449. The van der Waals surface area contributed by atoms with Gasteiger partial charge in [-0.15, -0.1) is 0 Å². The minimum atomic E-state index is -3.63. The van der Waals surface area contributed by atoms with Crippen molar-refractivity contribution < 1.29 is 8.42 Å². The van der Waals surface area contributed by atoms with E-state index in [-0.39, 0.29) is 6.04 Å². The van der Waals surface area contributed by atoms with Crippen molar-refractivity contribution in [1.29, 1.82) is 0 Å². The van der Waals surface area contributed by atoms with E-state index in [2.05, 4.69) is 42.6 Å².